The van der Waals surface area contributed by atoms with E-state index in [-0.39, 0.29) is 17.0 Å². The van der Waals surface area contributed by atoms with Gasteiger partial charge in [-0.15, -0.1) is 6.58 Å². The van der Waals surface area contributed by atoms with E-state index in [9.17, 15) is 14.7 Å². The van der Waals surface area contributed by atoms with Gasteiger partial charge in [0.2, 0.25) is 0 Å². The highest BCUT2D eigenvalue weighted by atomic mass is 16.4. The first-order valence-electron chi connectivity index (χ1n) is 19.6. The Morgan fingerprint density at radius 3 is 2.31 bits per heavy atom. The normalized spacial score (nSPS) is 37.6. The summed E-state index contributed by atoms with van der Waals surface area (Å²) in [5, 5.41) is 16.3. The Hall–Kier alpha value is -2.60. The lowest BCUT2D eigenvalue weighted by Gasteiger charge is -2.71. The van der Waals surface area contributed by atoms with Gasteiger partial charge in [0.15, 0.2) is 0 Å². The molecule has 0 radical (unpaired) electrons. The van der Waals surface area contributed by atoms with Crippen molar-refractivity contribution in [3.63, 3.8) is 0 Å². The molecule has 0 heterocycles. The van der Waals surface area contributed by atoms with Crippen molar-refractivity contribution in [1.82, 2.24) is 15.5 Å². The van der Waals surface area contributed by atoms with Gasteiger partial charge in [0, 0.05) is 12.1 Å². The number of carboxylic acids is 1. The molecule has 6 heteroatoms. The average molecular weight is 674 g/mol. The van der Waals surface area contributed by atoms with E-state index in [4.69, 9.17) is 0 Å². The molecular formula is C43H67N3O3. The predicted molar refractivity (Wildman–Crippen MR) is 203 cm³/mol. The number of hydrogen-bond donors (Lipinski definition) is 3. The van der Waals surface area contributed by atoms with Crippen LogP contribution in [0.5, 0.6) is 0 Å². The van der Waals surface area contributed by atoms with Gasteiger partial charge in [0.25, 0.3) is 0 Å². The van der Waals surface area contributed by atoms with Gasteiger partial charge in [-0.25, -0.2) is 9.59 Å². The minimum atomic E-state index is -0.862. The lowest BCUT2D eigenvalue weighted by molar-refractivity contribution is -0.210. The number of aromatic carboxylic acids is 1. The number of nitrogens with zero attached hydrogens (tertiary/aromatic N) is 1. The molecule has 0 aromatic heterocycles. The van der Waals surface area contributed by atoms with E-state index in [0.717, 1.165) is 45.2 Å². The number of urea groups is 1. The minimum Gasteiger partial charge on any atom is -0.478 e. The first-order chi connectivity index (χ1) is 23.3. The smallest absolute Gasteiger partial charge is 0.335 e. The molecule has 6 rings (SSSR count). The standard InChI is InChI=1S/C40H61N3O3.C3H6/c1-27-30(28-12-14-29(15-13-28)35(44)45)18-21-37(2)31(27)19-22-39(4)34(37)17-16-32-33-11-10-20-40(33,24-23-38(32,39)3)42-36(46)41-25-8-7-9-26-43(5)6;1-3-2/h12-15,18,27,31-34H,7-11,16-17,19-26H2,1-6H3,(H,44,45)(H2,41,42,46);3H,1H2,2H3/t27?,31?,32?,33?,34?,37?,38-,39?,40?;/m1./s1. The van der Waals surface area contributed by atoms with Gasteiger partial charge < -0.3 is 20.6 Å². The van der Waals surface area contributed by atoms with Crippen LogP contribution in [0.25, 0.3) is 5.57 Å². The summed E-state index contributed by atoms with van der Waals surface area (Å²) in [6.07, 6.45) is 19.9. The largest absolute Gasteiger partial charge is 0.478 e. The highest BCUT2D eigenvalue weighted by Gasteiger charge is 2.68. The molecule has 5 aliphatic rings. The summed E-state index contributed by atoms with van der Waals surface area (Å²) >= 11 is 0. The maximum absolute atomic E-state index is 13.3. The van der Waals surface area contributed by atoms with Crippen molar-refractivity contribution in [2.45, 2.75) is 124 Å². The predicted octanol–water partition coefficient (Wildman–Crippen LogP) is 9.82. The molecule has 1 aromatic carbocycles. The van der Waals surface area contributed by atoms with E-state index in [2.05, 4.69) is 70.0 Å². The number of carbonyl (C=O) groups is 2. The van der Waals surface area contributed by atoms with Crippen LogP contribution in [0.2, 0.25) is 0 Å². The zero-order chi connectivity index (χ0) is 35.6. The number of benzene rings is 1. The van der Waals surface area contributed by atoms with E-state index in [1.54, 1.807) is 18.2 Å². The number of carbonyl (C=O) groups excluding carboxylic acids is 1. The van der Waals surface area contributed by atoms with Crippen LogP contribution >= 0.6 is 0 Å². The van der Waals surface area contributed by atoms with Crippen LogP contribution in [0.15, 0.2) is 43.0 Å². The van der Waals surface area contributed by atoms with E-state index in [0.29, 0.717) is 46.0 Å². The molecule has 1 aromatic rings. The summed E-state index contributed by atoms with van der Waals surface area (Å²) in [6, 6.07) is 7.62. The van der Waals surface area contributed by atoms with Gasteiger partial charge in [0.1, 0.15) is 0 Å². The van der Waals surface area contributed by atoms with Crippen LogP contribution < -0.4 is 10.6 Å². The number of fused-ring (bicyclic) bond motifs is 7. The van der Waals surface area contributed by atoms with E-state index in [1.165, 1.54) is 62.5 Å². The molecule has 272 valence electrons. The molecule has 4 saturated carbocycles. The first kappa shape index (κ1) is 37.7. The second-order valence-corrected chi connectivity index (χ2v) is 17.6. The first-order valence-corrected chi connectivity index (χ1v) is 19.6. The highest BCUT2D eigenvalue weighted by Crippen LogP contribution is 2.75. The van der Waals surface area contributed by atoms with Gasteiger partial charge in [-0.1, -0.05) is 64.8 Å². The average Bonchev–Trinajstić information content (AvgIpc) is 3.47. The lowest BCUT2D eigenvalue weighted by Crippen LogP contribution is -2.67. The molecule has 6 nitrogen and oxygen atoms in total. The Bertz CT molecular complexity index is 1370. The Balaban J connectivity index is 0.00000151. The van der Waals surface area contributed by atoms with Gasteiger partial charge in [0.05, 0.1) is 5.56 Å². The maximum atomic E-state index is 13.3. The Morgan fingerprint density at radius 1 is 0.918 bits per heavy atom. The molecule has 8 unspecified atom stereocenters. The molecule has 0 aliphatic heterocycles. The molecule has 4 fully saturated rings. The summed E-state index contributed by atoms with van der Waals surface area (Å²) in [5.74, 6) is 2.22. The fourth-order valence-corrected chi connectivity index (χ4v) is 12.4. The molecule has 0 spiro atoms. The number of unbranched alkanes of at least 4 members (excludes halogenated alkanes) is 2. The number of amides is 2. The van der Waals surface area contributed by atoms with Gasteiger partial charge in [-0.2, -0.15) is 0 Å². The van der Waals surface area contributed by atoms with Gasteiger partial charge >= 0.3 is 12.0 Å². The van der Waals surface area contributed by atoms with Crippen molar-refractivity contribution in [3.05, 3.63) is 54.1 Å². The number of rotatable bonds is 9. The van der Waals surface area contributed by atoms with Crippen molar-refractivity contribution in [2.24, 2.45) is 45.8 Å². The van der Waals surface area contributed by atoms with Gasteiger partial charge in [-0.05, 0) is 167 Å². The van der Waals surface area contributed by atoms with Gasteiger partial charge in [-0.3, -0.25) is 0 Å². The third-order valence-corrected chi connectivity index (χ3v) is 15.0. The quantitative estimate of drug-likeness (QED) is 0.180. The topological polar surface area (TPSA) is 81.7 Å². The zero-order valence-corrected chi connectivity index (χ0v) is 31.9. The SMILES string of the molecule is C=CC.CC1C(c2ccc(C(=O)O)cc2)=CCC2(C)C1CCC1(C)C2CCC2C3CCCC3(NC(=O)NCCCCCN(C)C)CC[C@]21C. The highest BCUT2D eigenvalue weighted by molar-refractivity contribution is 5.88. The summed E-state index contributed by atoms with van der Waals surface area (Å²) in [4.78, 5) is 26.9. The third-order valence-electron chi connectivity index (χ3n) is 15.0. The summed E-state index contributed by atoms with van der Waals surface area (Å²) < 4.78 is 0. The molecule has 2 amide bonds. The molecule has 0 saturated heterocycles. The Morgan fingerprint density at radius 2 is 1.63 bits per heavy atom. The van der Waals surface area contributed by atoms with Crippen LogP contribution in [0.4, 0.5) is 4.79 Å². The minimum absolute atomic E-state index is 0.0311. The molecule has 0 bridgehead atoms. The second kappa shape index (κ2) is 14.9. The second-order valence-electron chi connectivity index (χ2n) is 17.6. The van der Waals surface area contributed by atoms with Crippen molar-refractivity contribution in [1.29, 1.82) is 0 Å². The molecule has 49 heavy (non-hydrogen) atoms. The summed E-state index contributed by atoms with van der Waals surface area (Å²) in [7, 11) is 4.24. The van der Waals surface area contributed by atoms with Crippen molar-refractivity contribution in [2.75, 3.05) is 27.2 Å². The molecular weight excluding hydrogens is 606 g/mol. The fraction of sp³-hybridized carbons (Fsp3) is 0.721. The maximum Gasteiger partial charge on any atom is 0.335 e. The van der Waals surface area contributed by atoms with E-state index < -0.39 is 5.97 Å². The molecule has 5 aliphatic carbocycles. The third kappa shape index (κ3) is 6.89. The molecule has 9 atom stereocenters. The summed E-state index contributed by atoms with van der Waals surface area (Å²) in [6.45, 7) is 17.5. The number of hydrogen-bond acceptors (Lipinski definition) is 3. The number of allylic oxidation sites excluding steroid dienone is 3. The summed E-state index contributed by atoms with van der Waals surface area (Å²) in [5.41, 5.74) is 3.81. The zero-order valence-electron chi connectivity index (χ0n) is 31.9. The van der Waals surface area contributed by atoms with Crippen LogP contribution in [0.1, 0.15) is 134 Å². The van der Waals surface area contributed by atoms with Crippen molar-refractivity contribution in [3.8, 4) is 0 Å². The fourth-order valence-electron chi connectivity index (χ4n) is 12.4. The van der Waals surface area contributed by atoms with Crippen LogP contribution in [0.3, 0.4) is 0 Å². The molecule has 3 N–H and O–H groups in total. The van der Waals surface area contributed by atoms with Crippen LogP contribution in [0, 0.1) is 45.8 Å². The van der Waals surface area contributed by atoms with Crippen molar-refractivity contribution >= 4 is 17.6 Å². The van der Waals surface area contributed by atoms with E-state index in [1.807, 2.05) is 19.1 Å². The van der Waals surface area contributed by atoms with E-state index >= 15 is 0 Å². The van der Waals surface area contributed by atoms with Crippen LogP contribution in [-0.4, -0.2) is 54.7 Å². The number of nitrogens with one attached hydrogen (secondary N) is 2. The monoisotopic (exact) mass is 674 g/mol. The van der Waals surface area contributed by atoms with Crippen LogP contribution in [-0.2, 0) is 0 Å². The van der Waals surface area contributed by atoms with Crippen molar-refractivity contribution < 1.29 is 14.7 Å². The number of carboxylic acid groups (broad SMARTS) is 1. The lowest BCUT2D eigenvalue weighted by atomic mass is 9.34. The Labute approximate surface area is 298 Å². The Kier molecular flexibility index (Phi) is 11.5.